The zero-order valence-electron chi connectivity index (χ0n) is 12.3. The van der Waals surface area contributed by atoms with Gasteiger partial charge < -0.3 is 5.32 Å². The van der Waals surface area contributed by atoms with Gasteiger partial charge in [0, 0.05) is 12.2 Å². The Hall–Kier alpha value is -1.75. The first kappa shape index (κ1) is 18.3. The molecule has 0 spiro atoms. The molecule has 1 amide bonds. The van der Waals surface area contributed by atoms with Crippen LogP contribution in [0.3, 0.4) is 0 Å². The van der Waals surface area contributed by atoms with E-state index in [9.17, 15) is 18.0 Å². The molecule has 0 atom stereocenters. The summed E-state index contributed by atoms with van der Waals surface area (Å²) < 4.78 is 38.8. The van der Waals surface area contributed by atoms with Gasteiger partial charge in [-0.3, -0.25) is 4.79 Å². The van der Waals surface area contributed by atoms with Crippen molar-refractivity contribution in [3.63, 3.8) is 0 Å². The summed E-state index contributed by atoms with van der Waals surface area (Å²) in [6, 6.07) is 2.38. The van der Waals surface area contributed by atoms with Crippen LogP contribution in [0.25, 0.3) is 0 Å². The maximum Gasteiger partial charge on any atom is 0.417 e. The number of carbonyl (C=O) groups is 1. The molecule has 0 fully saturated rings. The third-order valence-corrected chi connectivity index (χ3v) is 3.70. The number of halogens is 3. The molecule has 4 nitrogen and oxygen atoms in total. The molecular weight excluding hydrogens is 315 g/mol. The molecule has 8 heteroatoms. The number of nitriles is 1. The van der Waals surface area contributed by atoms with Crippen LogP contribution in [0, 0.1) is 18.3 Å². The van der Waals surface area contributed by atoms with Crippen molar-refractivity contribution in [1.82, 2.24) is 10.3 Å². The van der Waals surface area contributed by atoms with Crippen LogP contribution in [0.15, 0.2) is 11.1 Å². The van der Waals surface area contributed by atoms with Gasteiger partial charge in [-0.15, -0.1) is 0 Å². The number of thioether (sulfide) groups is 1. The van der Waals surface area contributed by atoms with E-state index >= 15 is 0 Å². The molecule has 1 aromatic rings. The minimum atomic E-state index is -4.63. The highest BCUT2D eigenvalue weighted by atomic mass is 32.2. The highest BCUT2D eigenvalue weighted by Crippen LogP contribution is 2.35. The zero-order valence-corrected chi connectivity index (χ0v) is 13.1. The predicted molar refractivity (Wildman–Crippen MR) is 77.3 cm³/mol. The fraction of sp³-hybridized carbons (Fsp3) is 0.500. The van der Waals surface area contributed by atoms with E-state index in [4.69, 9.17) is 5.26 Å². The highest BCUT2D eigenvalue weighted by molar-refractivity contribution is 8.00. The van der Waals surface area contributed by atoms with Crippen LogP contribution in [0.5, 0.6) is 0 Å². The van der Waals surface area contributed by atoms with E-state index in [-0.39, 0.29) is 22.4 Å². The second-order valence-electron chi connectivity index (χ2n) is 4.59. The number of unbranched alkanes of at least 4 members (excludes halogenated alkanes) is 1. The zero-order chi connectivity index (χ0) is 16.8. The minimum absolute atomic E-state index is 0.0690. The fourth-order valence-corrected chi connectivity index (χ4v) is 2.55. The van der Waals surface area contributed by atoms with E-state index in [0.29, 0.717) is 6.54 Å². The van der Waals surface area contributed by atoms with Crippen LogP contribution in [0.2, 0.25) is 0 Å². The van der Waals surface area contributed by atoms with Crippen molar-refractivity contribution >= 4 is 17.7 Å². The molecular formula is C14H16F3N3OS. The Labute approximate surface area is 131 Å². The van der Waals surface area contributed by atoms with Crippen molar-refractivity contribution in [2.24, 2.45) is 0 Å². The number of alkyl halides is 3. The number of rotatable bonds is 6. The smallest absolute Gasteiger partial charge is 0.355 e. The van der Waals surface area contributed by atoms with E-state index in [2.05, 4.69) is 10.3 Å². The Morgan fingerprint density at radius 2 is 2.18 bits per heavy atom. The summed E-state index contributed by atoms with van der Waals surface area (Å²) in [7, 11) is 0. The molecule has 22 heavy (non-hydrogen) atoms. The number of aromatic nitrogens is 1. The lowest BCUT2D eigenvalue weighted by molar-refractivity contribution is -0.138. The molecule has 1 aromatic heterocycles. The molecule has 120 valence electrons. The number of carbonyl (C=O) groups excluding carboxylic acids is 1. The van der Waals surface area contributed by atoms with Gasteiger partial charge in [-0.25, -0.2) is 4.98 Å². The van der Waals surface area contributed by atoms with Gasteiger partial charge in [0.2, 0.25) is 5.91 Å². The maximum atomic E-state index is 12.9. The summed E-state index contributed by atoms with van der Waals surface area (Å²) in [4.78, 5) is 15.5. The molecule has 0 saturated carbocycles. The van der Waals surface area contributed by atoms with Gasteiger partial charge >= 0.3 is 6.18 Å². The largest absolute Gasteiger partial charge is 0.417 e. The van der Waals surface area contributed by atoms with Gasteiger partial charge in [-0.2, -0.15) is 18.4 Å². The van der Waals surface area contributed by atoms with Crippen molar-refractivity contribution in [3.05, 3.63) is 22.9 Å². The summed E-state index contributed by atoms with van der Waals surface area (Å²) in [5.41, 5.74) is -1.40. The number of pyridine rings is 1. The van der Waals surface area contributed by atoms with Crippen LogP contribution in [0.4, 0.5) is 13.2 Å². The van der Waals surface area contributed by atoms with Gasteiger partial charge in [-0.05, 0) is 19.4 Å². The van der Waals surface area contributed by atoms with E-state index in [1.807, 2.05) is 6.92 Å². The molecule has 0 aliphatic rings. The third kappa shape index (κ3) is 5.22. The maximum absolute atomic E-state index is 12.9. The summed E-state index contributed by atoms with van der Waals surface area (Å²) in [5.74, 6) is -0.370. The molecule has 1 rings (SSSR count). The lowest BCUT2D eigenvalue weighted by atomic mass is 10.1. The number of hydrogen-bond donors (Lipinski definition) is 1. The molecule has 0 aliphatic heterocycles. The van der Waals surface area contributed by atoms with Gasteiger partial charge in [0.1, 0.15) is 11.1 Å². The van der Waals surface area contributed by atoms with Crippen molar-refractivity contribution < 1.29 is 18.0 Å². The predicted octanol–water partition coefficient (Wildman–Crippen LogP) is 3.29. The lowest BCUT2D eigenvalue weighted by Crippen LogP contribution is -2.26. The molecule has 0 unspecified atom stereocenters. The average Bonchev–Trinajstić information content (AvgIpc) is 2.43. The SMILES string of the molecule is CCCCNC(=O)CSc1nc(C)cc(C(F)(F)F)c1C#N. The Balaban J connectivity index is 2.89. The van der Waals surface area contributed by atoms with Crippen molar-refractivity contribution in [2.75, 3.05) is 12.3 Å². The van der Waals surface area contributed by atoms with Gasteiger partial charge in [0.25, 0.3) is 0 Å². The first-order chi connectivity index (χ1) is 10.3. The Bertz CT molecular complexity index is 582. The van der Waals surface area contributed by atoms with Crippen LogP contribution >= 0.6 is 11.8 Å². The van der Waals surface area contributed by atoms with Gasteiger partial charge in [0.15, 0.2) is 0 Å². The highest BCUT2D eigenvalue weighted by Gasteiger charge is 2.35. The average molecular weight is 331 g/mol. The lowest BCUT2D eigenvalue weighted by Gasteiger charge is -2.12. The van der Waals surface area contributed by atoms with Gasteiger partial charge in [0.05, 0.1) is 16.9 Å². The molecule has 1 N–H and O–H groups in total. The number of nitrogens with zero attached hydrogens (tertiary/aromatic N) is 2. The second-order valence-corrected chi connectivity index (χ2v) is 5.56. The normalized spacial score (nSPS) is 11.1. The number of hydrogen-bond acceptors (Lipinski definition) is 4. The molecule has 0 aromatic carbocycles. The fourth-order valence-electron chi connectivity index (χ4n) is 1.67. The number of aryl methyl sites for hydroxylation is 1. The summed E-state index contributed by atoms with van der Waals surface area (Å²) in [6.45, 7) is 3.92. The quantitative estimate of drug-likeness (QED) is 0.642. The van der Waals surface area contributed by atoms with Crippen molar-refractivity contribution in [3.8, 4) is 6.07 Å². The third-order valence-electron chi connectivity index (χ3n) is 2.72. The monoisotopic (exact) mass is 331 g/mol. The first-order valence-electron chi connectivity index (χ1n) is 6.68. The molecule has 1 heterocycles. The summed E-state index contributed by atoms with van der Waals surface area (Å²) in [5, 5.41) is 11.6. The topological polar surface area (TPSA) is 65.8 Å². The minimum Gasteiger partial charge on any atom is -0.355 e. The molecule has 0 saturated heterocycles. The number of amides is 1. The van der Waals surface area contributed by atoms with E-state index in [1.165, 1.54) is 13.0 Å². The van der Waals surface area contributed by atoms with Crippen LogP contribution < -0.4 is 5.32 Å². The van der Waals surface area contributed by atoms with Crippen LogP contribution in [-0.4, -0.2) is 23.2 Å². The van der Waals surface area contributed by atoms with E-state index < -0.39 is 17.3 Å². The molecule has 0 aliphatic carbocycles. The van der Waals surface area contributed by atoms with Gasteiger partial charge in [-0.1, -0.05) is 25.1 Å². The molecule has 0 radical (unpaired) electrons. The summed E-state index contributed by atoms with van der Waals surface area (Å²) in [6.07, 6.45) is -2.86. The van der Waals surface area contributed by atoms with Crippen molar-refractivity contribution in [2.45, 2.75) is 37.9 Å². The summed E-state index contributed by atoms with van der Waals surface area (Å²) >= 11 is 0.837. The Morgan fingerprint density at radius 1 is 1.50 bits per heavy atom. The molecule has 0 bridgehead atoms. The Morgan fingerprint density at radius 3 is 2.73 bits per heavy atom. The second kappa shape index (κ2) is 8.03. The Kier molecular flexibility index (Phi) is 6.68. The van der Waals surface area contributed by atoms with E-state index in [1.54, 1.807) is 0 Å². The van der Waals surface area contributed by atoms with Crippen LogP contribution in [-0.2, 0) is 11.0 Å². The van der Waals surface area contributed by atoms with E-state index in [0.717, 1.165) is 30.7 Å². The standard InChI is InChI=1S/C14H16F3N3OS/c1-3-4-5-19-12(21)8-22-13-10(7-18)11(14(15,16)17)6-9(2)20-13/h6H,3-5,8H2,1-2H3,(H,19,21). The first-order valence-corrected chi connectivity index (χ1v) is 7.66. The van der Waals surface area contributed by atoms with Crippen LogP contribution in [0.1, 0.15) is 36.6 Å². The number of nitrogens with one attached hydrogen (secondary N) is 1. The van der Waals surface area contributed by atoms with Crippen molar-refractivity contribution in [1.29, 1.82) is 5.26 Å².